The van der Waals surface area contributed by atoms with Gasteiger partial charge in [-0.15, -0.1) is 0 Å². The molecule has 0 radical (unpaired) electrons. The second-order valence-corrected chi connectivity index (χ2v) is 3.54. The van der Waals surface area contributed by atoms with Crippen molar-refractivity contribution < 1.29 is 9.90 Å². The first-order valence-corrected chi connectivity index (χ1v) is 5.11. The average molecular weight is 228 g/mol. The Balaban J connectivity index is 0.000000325. The summed E-state index contributed by atoms with van der Waals surface area (Å²) in [5.74, 6) is -0.00231. The van der Waals surface area contributed by atoms with Gasteiger partial charge in [0.25, 0.3) is 0 Å². The zero-order valence-corrected chi connectivity index (χ0v) is 9.92. The highest BCUT2D eigenvalue weighted by Crippen LogP contribution is 2.08. The lowest BCUT2D eigenvalue weighted by atomic mass is 10.2. The number of carbonyl (C=O) groups is 1. The van der Waals surface area contributed by atoms with E-state index in [2.05, 4.69) is 11.9 Å². The Morgan fingerprint density at radius 3 is 2.38 bits per heavy atom. The topological polar surface area (TPSA) is 107 Å². The van der Waals surface area contributed by atoms with E-state index < -0.39 is 12.0 Å². The van der Waals surface area contributed by atoms with Crippen LogP contribution in [0.15, 0.2) is 12.4 Å². The second-order valence-electron chi connectivity index (χ2n) is 3.54. The van der Waals surface area contributed by atoms with Crippen molar-refractivity contribution in [1.29, 1.82) is 0 Å². The van der Waals surface area contributed by atoms with Gasteiger partial charge in [0.2, 0.25) is 0 Å². The highest BCUT2D eigenvalue weighted by Gasteiger charge is 2.06. The number of rotatable bonds is 3. The van der Waals surface area contributed by atoms with E-state index in [-0.39, 0.29) is 6.04 Å². The third-order valence-corrected chi connectivity index (χ3v) is 2.02. The molecule has 0 bridgehead atoms. The van der Waals surface area contributed by atoms with Gasteiger partial charge in [-0.25, -0.2) is 4.98 Å². The SMILES string of the molecule is CC(N)C(=O)O.CCC(N)c1nccn1C. The predicted octanol–water partition coefficient (Wildman–Crippen LogP) is 0.248. The third kappa shape index (κ3) is 4.90. The fourth-order valence-corrected chi connectivity index (χ4v) is 0.917. The van der Waals surface area contributed by atoms with Crippen LogP contribution in [0.2, 0.25) is 0 Å². The number of aromatic nitrogens is 2. The fourth-order valence-electron chi connectivity index (χ4n) is 0.917. The second kappa shape index (κ2) is 6.97. The molecule has 0 aliphatic rings. The van der Waals surface area contributed by atoms with Crippen LogP contribution in [0.3, 0.4) is 0 Å². The minimum atomic E-state index is -0.963. The molecule has 1 rings (SSSR count). The van der Waals surface area contributed by atoms with E-state index in [1.165, 1.54) is 6.92 Å². The van der Waals surface area contributed by atoms with E-state index in [1.54, 1.807) is 6.20 Å². The maximum Gasteiger partial charge on any atom is 0.320 e. The Labute approximate surface area is 95.3 Å². The molecule has 2 unspecified atom stereocenters. The zero-order valence-electron chi connectivity index (χ0n) is 9.92. The summed E-state index contributed by atoms with van der Waals surface area (Å²) in [5.41, 5.74) is 10.6. The van der Waals surface area contributed by atoms with Crippen molar-refractivity contribution in [2.45, 2.75) is 32.4 Å². The number of nitrogens with zero attached hydrogens (tertiary/aromatic N) is 2. The van der Waals surface area contributed by atoms with Crippen LogP contribution in [0.1, 0.15) is 32.1 Å². The van der Waals surface area contributed by atoms with Gasteiger partial charge in [0.15, 0.2) is 0 Å². The maximum absolute atomic E-state index is 9.57. The highest BCUT2D eigenvalue weighted by atomic mass is 16.4. The lowest BCUT2D eigenvalue weighted by molar-refractivity contribution is -0.138. The lowest BCUT2D eigenvalue weighted by Gasteiger charge is -2.07. The fraction of sp³-hybridized carbons (Fsp3) is 0.600. The van der Waals surface area contributed by atoms with E-state index in [1.807, 2.05) is 17.8 Å². The van der Waals surface area contributed by atoms with Crippen molar-refractivity contribution in [3.05, 3.63) is 18.2 Å². The summed E-state index contributed by atoms with van der Waals surface area (Å²) in [5, 5.41) is 7.87. The van der Waals surface area contributed by atoms with Gasteiger partial charge in [0.1, 0.15) is 11.9 Å². The van der Waals surface area contributed by atoms with E-state index in [4.69, 9.17) is 16.6 Å². The first kappa shape index (κ1) is 14.6. The van der Waals surface area contributed by atoms with Crippen molar-refractivity contribution in [1.82, 2.24) is 9.55 Å². The molecule has 6 nitrogen and oxygen atoms in total. The summed E-state index contributed by atoms with van der Waals surface area (Å²) in [6.07, 6.45) is 4.61. The van der Waals surface area contributed by atoms with Crippen LogP contribution in [0.4, 0.5) is 0 Å². The van der Waals surface area contributed by atoms with Gasteiger partial charge in [0, 0.05) is 19.4 Å². The normalized spacial score (nSPS) is 13.6. The van der Waals surface area contributed by atoms with Crippen LogP contribution in [-0.4, -0.2) is 26.7 Å². The third-order valence-electron chi connectivity index (χ3n) is 2.02. The molecule has 6 heteroatoms. The molecule has 1 aromatic rings. The van der Waals surface area contributed by atoms with Crippen molar-refractivity contribution >= 4 is 5.97 Å². The summed E-state index contributed by atoms with van der Waals surface area (Å²) >= 11 is 0. The number of carboxylic acids is 1. The number of imidazole rings is 1. The number of hydrogen-bond donors (Lipinski definition) is 3. The smallest absolute Gasteiger partial charge is 0.320 e. The Hall–Kier alpha value is -1.40. The van der Waals surface area contributed by atoms with Crippen molar-refractivity contribution in [2.75, 3.05) is 0 Å². The Morgan fingerprint density at radius 1 is 1.62 bits per heavy atom. The Kier molecular flexibility index (Phi) is 6.36. The standard InChI is InChI=1S/C7H13N3.C3H7NO2/c1-3-6(8)7-9-4-5-10(7)2;1-2(4)3(5)6/h4-6H,3,8H2,1-2H3;2H,4H2,1H3,(H,5,6). The van der Waals surface area contributed by atoms with E-state index in [0.717, 1.165) is 12.2 Å². The summed E-state index contributed by atoms with van der Waals surface area (Å²) in [6, 6.07) is -0.648. The zero-order chi connectivity index (χ0) is 12.7. The molecule has 0 aromatic carbocycles. The van der Waals surface area contributed by atoms with E-state index in [0.29, 0.717) is 0 Å². The average Bonchev–Trinajstić information content (AvgIpc) is 2.64. The quantitative estimate of drug-likeness (QED) is 0.687. The monoisotopic (exact) mass is 228 g/mol. The van der Waals surface area contributed by atoms with Gasteiger partial charge in [-0.2, -0.15) is 0 Å². The molecule has 1 aromatic heterocycles. The minimum Gasteiger partial charge on any atom is -0.480 e. The molecule has 0 spiro atoms. The molecule has 0 saturated carbocycles. The van der Waals surface area contributed by atoms with E-state index >= 15 is 0 Å². The molecule has 5 N–H and O–H groups in total. The number of hydrogen-bond acceptors (Lipinski definition) is 4. The van der Waals surface area contributed by atoms with Gasteiger partial charge in [-0.3, -0.25) is 4.79 Å². The van der Waals surface area contributed by atoms with Crippen molar-refractivity contribution in [2.24, 2.45) is 18.5 Å². The minimum absolute atomic E-state index is 0.0833. The number of nitrogens with two attached hydrogens (primary N) is 2. The molecule has 0 aliphatic carbocycles. The Bertz CT molecular complexity index is 322. The molecule has 0 fully saturated rings. The summed E-state index contributed by atoms with van der Waals surface area (Å²) < 4.78 is 1.95. The van der Waals surface area contributed by atoms with Gasteiger partial charge in [-0.05, 0) is 13.3 Å². The number of aliphatic carboxylic acids is 1. The molecule has 0 aliphatic heterocycles. The van der Waals surface area contributed by atoms with Gasteiger partial charge in [0.05, 0.1) is 6.04 Å². The van der Waals surface area contributed by atoms with Crippen LogP contribution < -0.4 is 11.5 Å². The van der Waals surface area contributed by atoms with Crippen LogP contribution in [0, 0.1) is 0 Å². The van der Waals surface area contributed by atoms with Gasteiger partial charge in [-0.1, -0.05) is 6.92 Å². The summed E-state index contributed by atoms with van der Waals surface area (Å²) in [7, 11) is 1.96. The number of aryl methyl sites for hydroxylation is 1. The van der Waals surface area contributed by atoms with Crippen molar-refractivity contribution in [3.8, 4) is 0 Å². The molecule has 0 saturated heterocycles. The highest BCUT2D eigenvalue weighted by molar-refractivity contribution is 5.72. The molecular weight excluding hydrogens is 208 g/mol. The van der Waals surface area contributed by atoms with Gasteiger partial charge < -0.3 is 21.1 Å². The molecule has 1 heterocycles. The summed E-state index contributed by atoms with van der Waals surface area (Å²) in [6.45, 7) is 3.47. The molecular formula is C10H20N4O2. The van der Waals surface area contributed by atoms with Crippen molar-refractivity contribution in [3.63, 3.8) is 0 Å². The molecule has 16 heavy (non-hydrogen) atoms. The van der Waals surface area contributed by atoms with Crippen LogP contribution in [0.25, 0.3) is 0 Å². The predicted molar refractivity (Wildman–Crippen MR) is 61.7 cm³/mol. The largest absolute Gasteiger partial charge is 0.480 e. The van der Waals surface area contributed by atoms with Crippen LogP contribution in [-0.2, 0) is 11.8 Å². The number of carboxylic acid groups (broad SMARTS) is 1. The first-order valence-electron chi connectivity index (χ1n) is 5.11. The molecule has 92 valence electrons. The Morgan fingerprint density at radius 2 is 2.12 bits per heavy atom. The maximum atomic E-state index is 9.57. The summed E-state index contributed by atoms with van der Waals surface area (Å²) in [4.78, 5) is 13.7. The molecule has 0 amide bonds. The first-order chi connectivity index (χ1) is 7.40. The molecule has 2 atom stereocenters. The van der Waals surface area contributed by atoms with Crippen LogP contribution >= 0.6 is 0 Å². The van der Waals surface area contributed by atoms with Gasteiger partial charge >= 0.3 is 5.97 Å². The van der Waals surface area contributed by atoms with E-state index in [9.17, 15) is 4.79 Å². The van der Waals surface area contributed by atoms with Crippen LogP contribution in [0.5, 0.6) is 0 Å². The lowest BCUT2D eigenvalue weighted by Crippen LogP contribution is -2.25.